The van der Waals surface area contributed by atoms with E-state index < -0.39 is 0 Å². The van der Waals surface area contributed by atoms with Gasteiger partial charge >= 0.3 is 0 Å². The van der Waals surface area contributed by atoms with Crippen molar-refractivity contribution in [1.29, 1.82) is 0 Å². The third-order valence-electron chi connectivity index (χ3n) is 4.44. The molecule has 3 N–H and O–H groups in total. The number of carbonyl (C=O) groups excluding carboxylic acids is 3. The zero-order valence-corrected chi connectivity index (χ0v) is 17.2. The number of hydrogen-bond donors (Lipinski definition) is 3. The first-order valence-electron chi connectivity index (χ1n) is 8.83. The summed E-state index contributed by atoms with van der Waals surface area (Å²) in [6, 6.07) is 10.8. The molecular weight excluding hydrogens is 424 g/mol. The lowest BCUT2D eigenvalue weighted by atomic mass is 10.1. The molecule has 0 saturated heterocycles. The number of aryl methyl sites for hydroxylation is 1. The van der Waals surface area contributed by atoms with Crippen molar-refractivity contribution in [1.82, 2.24) is 5.32 Å². The number of likely N-dealkylation sites (N-methyl/N-ethyl adjacent to an activating group) is 1. The fourth-order valence-electron chi connectivity index (χ4n) is 2.93. The van der Waals surface area contributed by atoms with E-state index in [1.54, 1.807) is 18.2 Å². The minimum absolute atomic E-state index is 0.118. The number of rotatable bonds is 5. The molecule has 3 amide bonds. The molecule has 0 atom stereocenters. The van der Waals surface area contributed by atoms with Crippen molar-refractivity contribution in [2.45, 2.75) is 13.3 Å². The molecule has 0 aromatic heterocycles. The molecule has 1 heterocycles. The van der Waals surface area contributed by atoms with Gasteiger partial charge in [-0.05, 0) is 42.8 Å². The summed E-state index contributed by atoms with van der Waals surface area (Å²) in [6.45, 7) is 2.41. The first-order chi connectivity index (χ1) is 13.3. The number of carbonyl (C=O) groups is 3. The van der Waals surface area contributed by atoms with Gasteiger partial charge in [-0.1, -0.05) is 22.0 Å². The van der Waals surface area contributed by atoms with E-state index in [0.717, 1.165) is 21.4 Å². The predicted octanol–water partition coefficient (Wildman–Crippen LogP) is 2.90. The fourth-order valence-corrected chi connectivity index (χ4v) is 3.29. The van der Waals surface area contributed by atoms with Crippen molar-refractivity contribution in [3.8, 4) is 0 Å². The van der Waals surface area contributed by atoms with Crippen molar-refractivity contribution in [2.24, 2.45) is 0 Å². The highest BCUT2D eigenvalue weighted by molar-refractivity contribution is 9.10. The third-order valence-corrected chi connectivity index (χ3v) is 4.93. The van der Waals surface area contributed by atoms with Crippen LogP contribution in [0.4, 0.5) is 17.1 Å². The second-order valence-corrected chi connectivity index (χ2v) is 7.57. The Balaban J connectivity index is 1.54. The first-order valence-corrected chi connectivity index (χ1v) is 9.62. The van der Waals surface area contributed by atoms with Crippen LogP contribution in [0.15, 0.2) is 40.9 Å². The van der Waals surface area contributed by atoms with E-state index in [1.165, 1.54) is 0 Å². The second kappa shape index (κ2) is 8.43. The SMILES string of the molecule is Cc1ccc(Br)cc1NC(=O)CCNC(=O)c1ccc2c(c1)NC(=O)CN2C. The molecule has 0 fully saturated rings. The van der Waals surface area contributed by atoms with Gasteiger partial charge in [0.1, 0.15) is 0 Å². The Kier molecular flexibility index (Phi) is 5.99. The highest BCUT2D eigenvalue weighted by Gasteiger charge is 2.20. The molecule has 1 aliphatic rings. The summed E-state index contributed by atoms with van der Waals surface area (Å²) in [4.78, 5) is 38.0. The number of anilines is 3. The summed E-state index contributed by atoms with van der Waals surface area (Å²) in [5, 5.41) is 8.35. The van der Waals surface area contributed by atoms with Gasteiger partial charge in [0.25, 0.3) is 5.91 Å². The van der Waals surface area contributed by atoms with Gasteiger partial charge in [0.15, 0.2) is 0 Å². The summed E-state index contributed by atoms with van der Waals surface area (Å²) in [5.41, 5.74) is 3.59. The average Bonchev–Trinajstić information content (AvgIpc) is 2.64. The largest absolute Gasteiger partial charge is 0.364 e. The molecule has 28 heavy (non-hydrogen) atoms. The minimum atomic E-state index is -0.295. The van der Waals surface area contributed by atoms with Gasteiger partial charge in [0.2, 0.25) is 11.8 Å². The number of amides is 3. The molecule has 7 nitrogen and oxygen atoms in total. The lowest BCUT2D eigenvalue weighted by molar-refractivity contribution is -0.116. The van der Waals surface area contributed by atoms with Crippen LogP contribution in [0, 0.1) is 6.92 Å². The van der Waals surface area contributed by atoms with Crippen LogP contribution in [0.3, 0.4) is 0 Å². The van der Waals surface area contributed by atoms with Gasteiger partial charge in [-0.25, -0.2) is 0 Å². The number of nitrogens with one attached hydrogen (secondary N) is 3. The normalized spacial score (nSPS) is 12.8. The van der Waals surface area contributed by atoms with Crippen LogP contribution < -0.4 is 20.9 Å². The minimum Gasteiger partial charge on any atom is -0.364 e. The maximum atomic E-state index is 12.4. The zero-order chi connectivity index (χ0) is 20.3. The van der Waals surface area contributed by atoms with Crippen LogP contribution >= 0.6 is 15.9 Å². The molecule has 2 aromatic carbocycles. The monoisotopic (exact) mass is 444 g/mol. The molecule has 146 valence electrons. The zero-order valence-electron chi connectivity index (χ0n) is 15.6. The third kappa shape index (κ3) is 4.69. The summed E-state index contributed by atoms with van der Waals surface area (Å²) in [6.07, 6.45) is 0.155. The molecule has 0 radical (unpaired) electrons. The van der Waals surface area contributed by atoms with Crippen molar-refractivity contribution < 1.29 is 14.4 Å². The van der Waals surface area contributed by atoms with Crippen molar-refractivity contribution in [3.63, 3.8) is 0 Å². The Morgan fingerprint density at radius 2 is 2.00 bits per heavy atom. The molecule has 0 saturated carbocycles. The Morgan fingerprint density at radius 1 is 1.21 bits per heavy atom. The quantitative estimate of drug-likeness (QED) is 0.660. The molecule has 0 spiro atoms. The number of halogens is 1. The first kappa shape index (κ1) is 19.9. The average molecular weight is 445 g/mol. The Labute approximate surface area is 171 Å². The molecule has 0 bridgehead atoms. The topological polar surface area (TPSA) is 90.5 Å². The van der Waals surface area contributed by atoms with Crippen molar-refractivity contribution >= 4 is 50.7 Å². The van der Waals surface area contributed by atoms with Gasteiger partial charge < -0.3 is 20.9 Å². The summed E-state index contributed by atoms with van der Waals surface area (Å²) < 4.78 is 0.881. The lowest BCUT2D eigenvalue weighted by Crippen LogP contribution is -2.35. The van der Waals surface area contributed by atoms with E-state index in [9.17, 15) is 14.4 Å². The predicted molar refractivity (Wildman–Crippen MR) is 113 cm³/mol. The van der Waals surface area contributed by atoms with Crippen LogP contribution in [0.25, 0.3) is 0 Å². The van der Waals surface area contributed by atoms with Gasteiger partial charge in [0.05, 0.1) is 17.9 Å². The van der Waals surface area contributed by atoms with Crippen LogP contribution in [0.5, 0.6) is 0 Å². The molecule has 0 aliphatic carbocycles. The number of hydrogen-bond acceptors (Lipinski definition) is 4. The molecular formula is C20H21BrN4O3. The van der Waals surface area contributed by atoms with Crippen LogP contribution in [-0.2, 0) is 9.59 Å². The molecule has 3 rings (SSSR count). The van der Waals surface area contributed by atoms with E-state index in [4.69, 9.17) is 0 Å². The summed E-state index contributed by atoms with van der Waals surface area (Å²) >= 11 is 3.38. The second-order valence-electron chi connectivity index (χ2n) is 6.65. The summed E-state index contributed by atoms with van der Waals surface area (Å²) in [5.74, 6) is -0.593. The Morgan fingerprint density at radius 3 is 2.79 bits per heavy atom. The van der Waals surface area contributed by atoms with Gasteiger partial charge in [-0.3, -0.25) is 14.4 Å². The number of nitrogens with zero attached hydrogens (tertiary/aromatic N) is 1. The molecule has 1 aliphatic heterocycles. The molecule has 0 unspecified atom stereocenters. The van der Waals surface area contributed by atoms with E-state index in [-0.39, 0.29) is 37.2 Å². The van der Waals surface area contributed by atoms with Gasteiger partial charge in [0, 0.05) is 35.7 Å². The number of benzene rings is 2. The van der Waals surface area contributed by atoms with Crippen LogP contribution in [0.2, 0.25) is 0 Å². The highest BCUT2D eigenvalue weighted by atomic mass is 79.9. The van der Waals surface area contributed by atoms with E-state index in [2.05, 4.69) is 31.9 Å². The molecule has 2 aromatic rings. The number of fused-ring (bicyclic) bond motifs is 1. The smallest absolute Gasteiger partial charge is 0.251 e. The van der Waals surface area contributed by atoms with Crippen LogP contribution in [-0.4, -0.2) is 37.9 Å². The Hall–Kier alpha value is -2.87. The highest BCUT2D eigenvalue weighted by Crippen LogP contribution is 2.29. The van der Waals surface area contributed by atoms with Gasteiger partial charge in [-0.2, -0.15) is 0 Å². The maximum Gasteiger partial charge on any atom is 0.251 e. The van der Waals surface area contributed by atoms with E-state index in [1.807, 2.05) is 37.1 Å². The van der Waals surface area contributed by atoms with Crippen LogP contribution in [0.1, 0.15) is 22.3 Å². The van der Waals surface area contributed by atoms with Gasteiger partial charge in [-0.15, -0.1) is 0 Å². The van der Waals surface area contributed by atoms with Crippen molar-refractivity contribution in [2.75, 3.05) is 35.7 Å². The maximum absolute atomic E-state index is 12.4. The van der Waals surface area contributed by atoms with Crippen molar-refractivity contribution in [3.05, 3.63) is 52.0 Å². The van der Waals surface area contributed by atoms with E-state index >= 15 is 0 Å². The summed E-state index contributed by atoms with van der Waals surface area (Å²) in [7, 11) is 1.82. The lowest BCUT2D eigenvalue weighted by Gasteiger charge is -2.27. The molecule has 8 heteroatoms. The Bertz CT molecular complexity index is 945. The fraction of sp³-hybridized carbons (Fsp3) is 0.250. The standard InChI is InChI=1S/C20H21BrN4O3/c1-12-3-5-14(21)10-15(12)23-18(26)7-8-22-20(28)13-4-6-17-16(9-13)24-19(27)11-25(17)2/h3-6,9-10H,7-8,11H2,1-2H3,(H,22,28)(H,23,26)(H,24,27). The van der Waals surface area contributed by atoms with E-state index in [0.29, 0.717) is 11.3 Å².